The molecular formula is C19H19NO3S. The summed E-state index contributed by atoms with van der Waals surface area (Å²) in [5.41, 5.74) is 0.884. The topological polar surface area (TPSA) is 57.6 Å². The molecule has 5 heteroatoms. The summed E-state index contributed by atoms with van der Waals surface area (Å²) in [6, 6.07) is 22.1. The Bertz CT molecular complexity index is 918. The highest BCUT2D eigenvalue weighted by Crippen LogP contribution is 2.26. The number of hydrogen-bond donors (Lipinski definition) is 1. The van der Waals surface area contributed by atoms with Crippen LogP contribution in [0, 0.1) is 0 Å². The second-order valence-electron chi connectivity index (χ2n) is 5.53. The smallest absolute Gasteiger partial charge is 0.244 e. The molecule has 4 nitrogen and oxygen atoms in total. The van der Waals surface area contributed by atoms with E-state index in [1.807, 2.05) is 60.7 Å². The third-order valence-corrected chi connectivity index (χ3v) is 5.82. The van der Waals surface area contributed by atoms with Crippen LogP contribution in [-0.2, 0) is 16.6 Å². The molecule has 0 radical (unpaired) electrons. The minimum absolute atomic E-state index is 0.0560. The lowest BCUT2D eigenvalue weighted by atomic mass is 10.1. The summed E-state index contributed by atoms with van der Waals surface area (Å²) in [7, 11) is -3.71. The highest BCUT2D eigenvalue weighted by Gasteiger charge is 2.25. The molecule has 0 aromatic heterocycles. The van der Waals surface area contributed by atoms with Gasteiger partial charge in [0.25, 0.3) is 0 Å². The number of aliphatic hydroxyl groups is 1. The number of benzene rings is 3. The van der Waals surface area contributed by atoms with Gasteiger partial charge in [-0.2, -0.15) is 4.31 Å². The first-order chi connectivity index (χ1) is 11.6. The van der Waals surface area contributed by atoms with Gasteiger partial charge in [-0.3, -0.25) is 0 Å². The SMILES string of the molecule is O=S(=O)(c1cccc2ccccc12)N(CCO)Cc1ccccc1. The van der Waals surface area contributed by atoms with E-state index in [1.165, 1.54) is 4.31 Å². The molecular weight excluding hydrogens is 322 g/mol. The standard InChI is InChI=1S/C19H19NO3S/c21-14-13-20(15-16-7-2-1-3-8-16)24(22,23)19-12-6-10-17-9-4-5-11-18(17)19/h1-12,21H,13-15H2. The molecule has 0 saturated heterocycles. The van der Waals surface area contributed by atoms with Crippen molar-refractivity contribution in [2.45, 2.75) is 11.4 Å². The molecule has 1 N–H and O–H groups in total. The predicted octanol–water partition coefficient (Wildman–Crippen LogP) is 3.02. The van der Waals surface area contributed by atoms with Gasteiger partial charge in [0, 0.05) is 18.5 Å². The summed E-state index contributed by atoms with van der Waals surface area (Å²) in [5, 5.41) is 10.9. The second-order valence-corrected chi connectivity index (χ2v) is 7.43. The Hall–Kier alpha value is -2.21. The van der Waals surface area contributed by atoms with Gasteiger partial charge in [-0.15, -0.1) is 0 Å². The average molecular weight is 341 g/mol. The van der Waals surface area contributed by atoms with E-state index < -0.39 is 10.0 Å². The first-order valence-electron chi connectivity index (χ1n) is 7.75. The summed E-state index contributed by atoms with van der Waals surface area (Å²) in [6.45, 7) is 0.0598. The van der Waals surface area contributed by atoms with Crippen LogP contribution in [0.3, 0.4) is 0 Å². The lowest BCUT2D eigenvalue weighted by Crippen LogP contribution is -2.33. The number of rotatable bonds is 6. The summed E-state index contributed by atoms with van der Waals surface area (Å²) >= 11 is 0. The molecule has 0 spiro atoms. The lowest BCUT2D eigenvalue weighted by Gasteiger charge is -2.22. The molecule has 0 unspecified atom stereocenters. The van der Waals surface area contributed by atoms with Crippen LogP contribution in [0.4, 0.5) is 0 Å². The zero-order valence-corrected chi connectivity index (χ0v) is 14.0. The highest BCUT2D eigenvalue weighted by atomic mass is 32.2. The zero-order valence-electron chi connectivity index (χ0n) is 13.2. The minimum Gasteiger partial charge on any atom is -0.395 e. The van der Waals surface area contributed by atoms with Crippen LogP contribution in [0.2, 0.25) is 0 Å². The van der Waals surface area contributed by atoms with Crippen LogP contribution in [0.1, 0.15) is 5.56 Å². The van der Waals surface area contributed by atoms with Gasteiger partial charge in [0.05, 0.1) is 11.5 Å². The van der Waals surface area contributed by atoms with Gasteiger partial charge in [0.1, 0.15) is 0 Å². The van der Waals surface area contributed by atoms with E-state index in [0.29, 0.717) is 5.39 Å². The molecule has 0 fully saturated rings. The van der Waals surface area contributed by atoms with E-state index in [4.69, 9.17) is 0 Å². The average Bonchev–Trinajstić information content (AvgIpc) is 2.61. The van der Waals surface area contributed by atoms with Crippen molar-refractivity contribution in [2.24, 2.45) is 0 Å². The van der Waals surface area contributed by atoms with Crippen molar-refractivity contribution >= 4 is 20.8 Å². The molecule has 0 atom stereocenters. The number of sulfonamides is 1. The number of hydrogen-bond acceptors (Lipinski definition) is 3. The van der Waals surface area contributed by atoms with Gasteiger partial charge in [-0.25, -0.2) is 8.42 Å². The summed E-state index contributed by atoms with van der Waals surface area (Å²) in [6.07, 6.45) is 0. The summed E-state index contributed by atoms with van der Waals surface area (Å²) in [4.78, 5) is 0.269. The largest absolute Gasteiger partial charge is 0.395 e. The van der Waals surface area contributed by atoms with Gasteiger partial charge in [-0.05, 0) is 17.0 Å². The van der Waals surface area contributed by atoms with E-state index in [1.54, 1.807) is 12.1 Å². The van der Waals surface area contributed by atoms with Gasteiger partial charge in [0.15, 0.2) is 0 Å². The first-order valence-corrected chi connectivity index (χ1v) is 9.19. The van der Waals surface area contributed by atoms with Crippen molar-refractivity contribution in [3.8, 4) is 0 Å². The first kappa shape index (κ1) is 16.6. The maximum absolute atomic E-state index is 13.2. The van der Waals surface area contributed by atoms with Crippen molar-refractivity contribution in [3.63, 3.8) is 0 Å². The van der Waals surface area contributed by atoms with Crippen LogP contribution >= 0.6 is 0 Å². The number of nitrogens with zero attached hydrogens (tertiary/aromatic N) is 1. The molecule has 3 aromatic carbocycles. The lowest BCUT2D eigenvalue weighted by molar-refractivity contribution is 0.251. The van der Waals surface area contributed by atoms with E-state index in [2.05, 4.69) is 0 Å². The van der Waals surface area contributed by atoms with E-state index in [0.717, 1.165) is 10.9 Å². The maximum Gasteiger partial charge on any atom is 0.244 e. The molecule has 0 bridgehead atoms. The van der Waals surface area contributed by atoms with Gasteiger partial charge in [-0.1, -0.05) is 66.7 Å². The van der Waals surface area contributed by atoms with Crippen LogP contribution in [0.5, 0.6) is 0 Å². The third kappa shape index (κ3) is 3.33. The summed E-state index contributed by atoms with van der Waals surface area (Å²) in [5.74, 6) is 0. The maximum atomic E-state index is 13.2. The highest BCUT2D eigenvalue weighted by molar-refractivity contribution is 7.89. The molecule has 3 rings (SSSR count). The summed E-state index contributed by atoms with van der Waals surface area (Å²) < 4.78 is 27.6. The molecule has 0 aliphatic carbocycles. The van der Waals surface area contributed by atoms with Gasteiger partial charge < -0.3 is 5.11 Å². The van der Waals surface area contributed by atoms with Crippen LogP contribution < -0.4 is 0 Å². The third-order valence-electron chi connectivity index (χ3n) is 3.92. The number of fused-ring (bicyclic) bond motifs is 1. The van der Waals surface area contributed by atoms with E-state index in [9.17, 15) is 13.5 Å². The Labute approximate surface area is 142 Å². The number of aliphatic hydroxyl groups excluding tert-OH is 1. The van der Waals surface area contributed by atoms with Crippen molar-refractivity contribution in [3.05, 3.63) is 78.4 Å². The normalized spacial score (nSPS) is 11.9. The molecule has 0 aliphatic rings. The van der Waals surface area contributed by atoms with Crippen molar-refractivity contribution in [1.29, 1.82) is 0 Å². The molecule has 3 aromatic rings. The molecule has 0 aliphatic heterocycles. The Kier molecular flexibility index (Phi) is 4.94. The van der Waals surface area contributed by atoms with E-state index >= 15 is 0 Å². The fraction of sp³-hybridized carbons (Fsp3) is 0.158. The quantitative estimate of drug-likeness (QED) is 0.750. The van der Waals surface area contributed by atoms with Crippen LogP contribution in [0.15, 0.2) is 77.7 Å². The molecule has 0 saturated carbocycles. The Morgan fingerprint density at radius 2 is 1.50 bits per heavy atom. The van der Waals surface area contributed by atoms with Gasteiger partial charge in [0.2, 0.25) is 10.0 Å². The van der Waals surface area contributed by atoms with Crippen molar-refractivity contribution in [1.82, 2.24) is 4.31 Å². The second kappa shape index (κ2) is 7.13. The fourth-order valence-corrected chi connectivity index (χ4v) is 4.38. The van der Waals surface area contributed by atoms with Crippen molar-refractivity contribution in [2.75, 3.05) is 13.2 Å². The van der Waals surface area contributed by atoms with E-state index in [-0.39, 0.29) is 24.6 Å². The molecule has 24 heavy (non-hydrogen) atoms. The predicted molar refractivity (Wildman–Crippen MR) is 95.1 cm³/mol. The zero-order chi connectivity index (χ0) is 17.0. The Balaban J connectivity index is 2.05. The van der Waals surface area contributed by atoms with Gasteiger partial charge >= 0.3 is 0 Å². The molecule has 0 amide bonds. The fourth-order valence-electron chi connectivity index (χ4n) is 2.74. The Morgan fingerprint density at radius 3 is 2.25 bits per heavy atom. The minimum atomic E-state index is -3.71. The monoisotopic (exact) mass is 341 g/mol. The molecule has 0 heterocycles. The molecule has 124 valence electrons. The van der Waals surface area contributed by atoms with Crippen LogP contribution in [-0.4, -0.2) is 31.0 Å². The van der Waals surface area contributed by atoms with Crippen LogP contribution in [0.25, 0.3) is 10.8 Å². The van der Waals surface area contributed by atoms with Crippen molar-refractivity contribution < 1.29 is 13.5 Å². The Morgan fingerprint density at radius 1 is 0.833 bits per heavy atom.